The van der Waals surface area contributed by atoms with Crippen LogP contribution in [-0.2, 0) is 31.0 Å². The Balaban J connectivity index is 1.16. The molecule has 4 aromatic rings. The Morgan fingerprint density at radius 3 is 2.30 bits per heavy atom. The number of fused-ring (bicyclic) bond motifs is 14. The van der Waals surface area contributed by atoms with Gasteiger partial charge in [0, 0.05) is 71.6 Å². The first-order chi connectivity index (χ1) is 21.3. The number of hydrogen-bond acceptors (Lipinski definition) is 10. The Kier molecular flexibility index (Phi) is 4.88. The van der Waals surface area contributed by atoms with Gasteiger partial charge in [-0.2, -0.15) is 0 Å². The third kappa shape index (κ3) is 3.18. The van der Waals surface area contributed by atoms with Crippen molar-refractivity contribution in [3.8, 4) is 17.2 Å². The number of nitrogens with zero attached hydrogens (tertiary/aromatic N) is 4. The van der Waals surface area contributed by atoms with Gasteiger partial charge in [-0.25, -0.2) is 0 Å². The standard InChI is InChI=1S/C33H31N7O4/c1-35-24-9-18(27-17-4-2-3-5-23(17)36-33(27)44)32(43)31-20(24)12-39-15-40(31)13-21-26(42)8-16-10-37-14-38(28(16)30(21)39)11-19-22(34)6-7-25(41)29(19)37/h2-9,27,35,41-43H,10-15,34H2,1H3,(H,36,44). The molecule has 5 aliphatic rings. The molecule has 5 heterocycles. The number of rotatable bonds is 2. The van der Waals surface area contributed by atoms with Gasteiger partial charge in [-0.05, 0) is 35.9 Å². The molecule has 222 valence electrons. The smallest absolute Gasteiger partial charge is 0.236 e. The Morgan fingerprint density at radius 1 is 0.773 bits per heavy atom. The highest BCUT2D eigenvalue weighted by Crippen LogP contribution is 2.56. The van der Waals surface area contributed by atoms with Crippen LogP contribution in [0.25, 0.3) is 0 Å². The average molecular weight is 590 g/mol. The van der Waals surface area contributed by atoms with Gasteiger partial charge in [0.1, 0.15) is 17.2 Å². The molecular formula is C33H31N7O4. The number of hydrogen-bond donors (Lipinski definition) is 6. The van der Waals surface area contributed by atoms with Gasteiger partial charge in [0.2, 0.25) is 5.91 Å². The number of phenols is 3. The second kappa shape index (κ2) is 8.56. The van der Waals surface area contributed by atoms with Crippen LogP contribution in [-0.4, -0.2) is 41.6 Å². The molecule has 0 spiro atoms. The van der Waals surface area contributed by atoms with Gasteiger partial charge in [0.25, 0.3) is 0 Å². The fourth-order valence-corrected chi connectivity index (χ4v) is 8.03. The van der Waals surface area contributed by atoms with E-state index in [4.69, 9.17) is 5.73 Å². The largest absolute Gasteiger partial charge is 0.508 e. The Labute approximate surface area is 253 Å². The number of carbonyl (C=O) groups excluding carboxylic acids is 1. The van der Waals surface area contributed by atoms with Crippen LogP contribution in [0.2, 0.25) is 0 Å². The molecule has 1 amide bonds. The average Bonchev–Trinajstić information content (AvgIpc) is 3.34. The van der Waals surface area contributed by atoms with Crippen LogP contribution >= 0.6 is 0 Å². The number of benzene rings is 4. The second-order valence-corrected chi connectivity index (χ2v) is 12.3. The molecular weight excluding hydrogens is 558 g/mol. The van der Waals surface area contributed by atoms with E-state index in [-0.39, 0.29) is 23.2 Å². The van der Waals surface area contributed by atoms with Gasteiger partial charge in [-0.1, -0.05) is 18.2 Å². The summed E-state index contributed by atoms with van der Waals surface area (Å²) in [4.78, 5) is 21.9. The number of nitrogen functional groups attached to an aromatic ring is 1. The summed E-state index contributed by atoms with van der Waals surface area (Å²) >= 11 is 0. The van der Waals surface area contributed by atoms with E-state index in [0.717, 1.165) is 56.3 Å². The summed E-state index contributed by atoms with van der Waals surface area (Å²) < 4.78 is 0. The van der Waals surface area contributed by atoms with Crippen molar-refractivity contribution in [3.63, 3.8) is 0 Å². The van der Waals surface area contributed by atoms with E-state index in [2.05, 4.69) is 30.2 Å². The van der Waals surface area contributed by atoms with E-state index in [9.17, 15) is 20.1 Å². The Morgan fingerprint density at radius 2 is 1.48 bits per heavy atom. The number of nitrogens with one attached hydrogen (secondary N) is 2. The highest BCUT2D eigenvalue weighted by molar-refractivity contribution is 6.06. The van der Waals surface area contributed by atoms with E-state index in [1.54, 1.807) is 12.1 Å². The molecule has 44 heavy (non-hydrogen) atoms. The van der Waals surface area contributed by atoms with Crippen molar-refractivity contribution >= 4 is 45.7 Å². The van der Waals surface area contributed by atoms with Crippen LogP contribution in [0.4, 0.5) is 39.8 Å². The van der Waals surface area contributed by atoms with Crippen molar-refractivity contribution in [2.24, 2.45) is 0 Å². The predicted molar refractivity (Wildman–Crippen MR) is 170 cm³/mol. The van der Waals surface area contributed by atoms with Crippen LogP contribution in [0.3, 0.4) is 0 Å². The molecule has 4 bridgehead atoms. The second-order valence-electron chi connectivity index (χ2n) is 12.3. The number of aromatic hydroxyl groups is 3. The predicted octanol–water partition coefficient (Wildman–Crippen LogP) is 4.11. The molecule has 9 rings (SSSR count). The number of carbonyl (C=O) groups is 1. The monoisotopic (exact) mass is 589 g/mol. The molecule has 11 nitrogen and oxygen atoms in total. The minimum atomic E-state index is -0.629. The highest BCUT2D eigenvalue weighted by atomic mass is 16.3. The first kappa shape index (κ1) is 25.1. The van der Waals surface area contributed by atoms with Crippen molar-refractivity contribution in [1.29, 1.82) is 0 Å². The summed E-state index contributed by atoms with van der Waals surface area (Å²) in [6, 6.07) is 14.7. The number of nitrogens with two attached hydrogens (primary N) is 1. The van der Waals surface area contributed by atoms with Gasteiger partial charge >= 0.3 is 0 Å². The molecule has 0 fully saturated rings. The van der Waals surface area contributed by atoms with Crippen molar-refractivity contribution in [3.05, 3.63) is 81.9 Å². The van der Waals surface area contributed by atoms with Crippen LogP contribution in [0.1, 0.15) is 39.3 Å². The van der Waals surface area contributed by atoms with E-state index in [1.165, 1.54) is 0 Å². The topological polar surface area (TPSA) is 141 Å². The molecule has 5 aliphatic heterocycles. The SMILES string of the molecule is CNc1cc(C2C(=O)Nc3ccccc32)c(O)c2c1CN1CN2Cc2c(O)cc3c(c21)N1Cc2c(N)ccc(O)c2N(C3)C1. The van der Waals surface area contributed by atoms with Crippen molar-refractivity contribution in [2.75, 3.05) is 56.4 Å². The molecule has 0 radical (unpaired) electrons. The third-order valence-corrected chi connectivity index (χ3v) is 9.87. The van der Waals surface area contributed by atoms with E-state index in [1.807, 2.05) is 43.4 Å². The van der Waals surface area contributed by atoms with E-state index >= 15 is 0 Å². The molecule has 11 heteroatoms. The van der Waals surface area contributed by atoms with Gasteiger partial charge < -0.3 is 51.3 Å². The number of anilines is 7. The van der Waals surface area contributed by atoms with Gasteiger partial charge in [0.15, 0.2) is 0 Å². The van der Waals surface area contributed by atoms with Crippen molar-refractivity contribution < 1.29 is 20.1 Å². The fourth-order valence-electron chi connectivity index (χ4n) is 8.03. The summed E-state index contributed by atoms with van der Waals surface area (Å²) in [5, 5.41) is 40.3. The lowest BCUT2D eigenvalue weighted by atomic mass is 9.87. The summed E-state index contributed by atoms with van der Waals surface area (Å²) in [5.41, 5.74) is 17.1. The minimum Gasteiger partial charge on any atom is -0.508 e. The molecule has 4 aromatic carbocycles. The van der Waals surface area contributed by atoms with Crippen molar-refractivity contribution in [2.45, 2.75) is 32.1 Å². The first-order valence-corrected chi connectivity index (χ1v) is 14.8. The lowest BCUT2D eigenvalue weighted by Crippen LogP contribution is -2.50. The molecule has 0 aromatic heterocycles. The lowest BCUT2D eigenvalue weighted by Gasteiger charge is -2.51. The molecule has 0 aliphatic carbocycles. The molecule has 0 saturated heterocycles. The quantitative estimate of drug-likeness (QED) is 0.150. The third-order valence-electron chi connectivity index (χ3n) is 9.87. The number of amides is 1. The van der Waals surface area contributed by atoms with E-state index < -0.39 is 5.92 Å². The number of para-hydroxylation sites is 1. The lowest BCUT2D eigenvalue weighted by molar-refractivity contribution is -0.116. The zero-order valence-electron chi connectivity index (χ0n) is 24.1. The normalized spacial score (nSPS) is 18.7. The van der Waals surface area contributed by atoms with Gasteiger partial charge in [-0.15, -0.1) is 0 Å². The maximum Gasteiger partial charge on any atom is 0.236 e. The van der Waals surface area contributed by atoms with Crippen LogP contribution in [0.15, 0.2) is 48.5 Å². The Bertz CT molecular complexity index is 1960. The van der Waals surface area contributed by atoms with Crippen LogP contribution in [0, 0.1) is 0 Å². The molecule has 1 unspecified atom stereocenters. The maximum absolute atomic E-state index is 13.2. The van der Waals surface area contributed by atoms with E-state index in [0.29, 0.717) is 56.5 Å². The minimum absolute atomic E-state index is 0.0926. The maximum atomic E-state index is 13.2. The summed E-state index contributed by atoms with van der Waals surface area (Å²) in [7, 11) is 1.86. The van der Waals surface area contributed by atoms with Gasteiger partial charge in [0.05, 0.1) is 48.5 Å². The zero-order chi connectivity index (χ0) is 30.0. The highest BCUT2D eigenvalue weighted by Gasteiger charge is 2.43. The van der Waals surface area contributed by atoms with Crippen LogP contribution < -0.4 is 36.0 Å². The first-order valence-electron chi connectivity index (χ1n) is 14.8. The van der Waals surface area contributed by atoms with Crippen LogP contribution in [0.5, 0.6) is 17.2 Å². The Hall–Kier alpha value is -5.45. The zero-order valence-corrected chi connectivity index (χ0v) is 24.1. The molecule has 7 N–H and O–H groups in total. The van der Waals surface area contributed by atoms with Crippen molar-refractivity contribution in [1.82, 2.24) is 0 Å². The number of phenolic OH excluding ortho intramolecular Hbond substituents is 3. The molecule has 1 atom stereocenters. The molecule has 0 saturated carbocycles. The van der Waals surface area contributed by atoms with Gasteiger partial charge in [-0.3, -0.25) is 4.79 Å². The fraction of sp³-hybridized carbons (Fsp3) is 0.242. The summed E-state index contributed by atoms with van der Waals surface area (Å²) in [6.45, 7) is 3.08. The summed E-state index contributed by atoms with van der Waals surface area (Å²) in [6.07, 6.45) is 0. The summed E-state index contributed by atoms with van der Waals surface area (Å²) in [5.74, 6) is -0.295.